The third kappa shape index (κ3) is 5.37. The second-order valence-corrected chi connectivity index (χ2v) is 6.20. The Morgan fingerprint density at radius 3 is 2.48 bits per heavy atom. The van der Waals surface area contributed by atoms with Crippen molar-refractivity contribution in [2.24, 2.45) is 0 Å². The summed E-state index contributed by atoms with van der Waals surface area (Å²) in [6.45, 7) is 10.2. The van der Waals surface area contributed by atoms with Crippen LogP contribution in [0.25, 0.3) is 5.57 Å². The second kappa shape index (κ2) is 8.13. The van der Waals surface area contributed by atoms with E-state index in [0.717, 1.165) is 16.7 Å². The lowest BCUT2D eigenvalue weighted by molar-refractivity contribution is -0.109. The molecule has 1 N–H and O–H groups in total. The third-order valence-corrected chi connectivity index (χ3v) is 3.79. The third-order valence-electron chi connectivity index (χ3n) is 3.79. The number of likely N-dealkylation sites (N-methyl/N-ethyl adjacent to an activating group) is 1. The largest absolute Gasteiger partial charge is 0.354 e. The molecule has 2 amide bonds. The van der Waals surface area contributed by atoms with E-state index in [1.807, 2.05) is 39.0 Å². The fourth-order valence-corrected chi connectivity index (χ4v) is 2.16. The van der Waals surface area contributed by atoms with E-state index in [1.165, 1.54) is 0 Å². The van der Waals surface area contributed by atoms with Gasteiger partial charge in [-0.25, -0.2) is 4.79 Å². The van der Waals surface area contributed by atoms with Crippen LogP contribution in [0, 0.1) is 0 Å². The molecule has 0 atom stereocenters. The highest BCUT2D eigenvalue weighted by molar-refractivity contribution is 5.75. The van der Waals surface area contributed by atoms with Crippen LogP contribution in [0.15, 0.2) is 30.8 Å². The first-order valence-corrected chi connectivity index (χ1v) is 7.56. The first-order valence-electron chi connectivity index (χ1n) is 7.56. The molecule has 0 radical (unpaired) electrons. The number of carbonyl (C=O) groups excluding carboxylic acids is 1. The van der Waals surface area contributed by atoms with Crippen LogP contribution in [0.4, 0.5) is 4.79 Å². The minimum atomic E-state index is -0.507. The van der Waals surface area contributed by atoms with E-state index in [0.29, 0.717) is 6.54 Å². The molecular weight excluding hydrogens is 292 g/mol. The number of urea groups is 1. The summed E-state index contributed by atoms with van der Waals surface area (Å²) < 4.78 is 10.2. The Hall–Kier alpha value is -1.85. The first-order chi connectivity index (χ1) is 10.7. The van der Waals surface area contributed by atoms with Gasteiger partial charge in [0, 0.05) is 21.3 Å². The molecule has 0 aliphatic heterocycles. The molecule has 0 aliphatic carbocycles. The summed E-state index contributed by atoms with van der Waals surface area (Å²) in [5.74, 6) is 0. The van der Waals surface area contributed by atoms with Crippen molar-refractivity contribution < 1.29 is 14.3 Å². The quantitative estimate of drug-likeness (QED) is 0.785. The van der Waals surface area contributed by atoms with E-state index in [2.05, 4.69) is 18.0 Å². The van der Waals surface area contributed by atoms with E-state index in [-0.39, 0.29) is 6.03 Å². The molecule has 0 aromatic heterocycles. The van der Waals surface area contributed by atoms with Crippen LogP contribution < -0.4 is 5.32 Å². The number of amides is 2. The van der Waals surface area contributed by atoms with Gasteiger partial charge >= 0.3 is 6.03 Å². The van der Waals surface area contributed by atoms with Gasteiger partial charge in [-0.15, -0.1) is 0 Å². The van der Waals surface area contributed by atoms with Crippen molar-refractivity contribution in [2.75, 3.05) is 27.8 Å². The van der Waals surface area contributed by atoms with Crippen molar-refractivity contribution in [2.45, 2.75) is 32.6 Å². The summed E-state index contributed by atoms with van der Waals surface area (Å²) in [5, 5.41) is 3.04. The Bertz CT molecular complexity index is 551. The molecule has 0 saturated carbocycles. The number of nitrogens with zero attached hydrogens (tertiary/aromatic N) is 1. The average Bonchev–Trinajstić information content (AvgIpc) is 2.51. The van der Waals surface area contributed by atoms with Crippen molar-refractivity contribution in [3.8, 4) is 0 Å². The topological polar surface area (TPSA) is 50.8 Å². The smallest absolute Gasteiger partial charge is 0.317 e. The van der Waals surface area contributed by atoms with Gasteiger partial charge in [-0.05, 0) is 38.0 Å². The van der Waals surface area contributed by atoms with Gasteiger partial charge in [0.2, 0.25) is 0 Å². The molecule has 1 aromatic carbocycles. The molecule has 5 heteroatoms. The Morgan fingerprint density at radius 1 is 1.35 bits per heavy atom. The maximum absolute atomic E-state index is 12.4. The number of rotatable bonds is 7. The number of methoxy groups -OCH3 is 2. The Kier molecular flexibility index (Phi) is 6.79. The number of allylic oxidation sites excluding steroid dienone is 1. The van der Waals surface area contributed by atoms with Gasteiger partial charge < -0.3 is 19.7 Å². The average molecular weight is 320 g/mol. The normalized spacial score (nSPS) is 11.4. The first kappa shape index (κ1) is 19.2. The van der Waals surface area contributed by atoms with E-state index in [9.17, 15) is 4.79 Å². The maximum atomic E-state index is 12.4. The molecule has 1 rings (SSSR count). The standard InChI is InChI=1S/C18H28N2O3/c1-13(2)14-9-8-10-15(11-14)18(3,4)19-17(21)20(5)12-16(22-6)23-7/h8-11,16H,1,12H2,2-7H3,(H,19,21). The van der Waals surface area contributed by atoms with E-state index in [4.69, 9.17) is 9.47 Å². The lowest BCUT2D eigenvalue weighted by Crippen LogP contribution is -2.49. The van der Waals surface area contributed by atoms with E-state index >= 15 is 0 Å². The van der Waals surface area contributed by atoms with Gasteiger partial charge in [0.25, 0.3) is 0 Å². The van der Waals surface area contributed by atoms with Crippen molar-refractivity contribution in [3.05, 3.63) is 42.0 Å². The lowest BCUT2D eigenvalue weighted by atomic mass is 9.92. The van der Waals surface area contributed by atoms with Gasteiger partial charge in [0.1, 0.15) is 0 Å². The molecule has 0 aliphatic rings. The predicted octanol–water partition coefficient (Wildman–Crippen LogP) is 3.22. The Labute approximate surface area is 139 Å². The fraction of sp³-hybridized carbons (Fsp3) is 0.500. The molecule has 1 aromatic rings. The zero-order valence-electron chi connectivity index (χ0n) is 15.0. The van der Waals surface area contributed by atoms with Crippen molar-refractivity contribution in [1.82, 2.24) is 10.2 Å². The number of nitrogens with one attached hydrogen (secondary N) is 1. The predicted molar refractivity (Wildman–Crippen MR) is 93.1 cm³/mol. The second-order valence-electron chi connectivity index (χ2n) is 6.20. The van der Waals surface area contributed by atoms with Crippen molar-refractivity contribution in [3.63, 3.8) is 0 Å². The zero-order valence-corrected chi connectivity index (χ0v) is 15.0. The maximum Gasteiger partial charge on any atom is 0.317 e. The summed E-state index contributed by atoms with van der Waals surface area (Å²) in [6.07, 6.45) is -0.444. The fourth-order valence-electron chi connectivity index (χ4n) is 2.16. The van der Waals surface area contributed by atoms with Crippen molar-refractivity contribution in [1.29, 1.82) is 0 Å². The van der Waals surface area contributed by atoms with Crippen LogP contribution >= 0.6 is 0 Å². The van der Waals surface area contributed by atoms with E-state index < -0.39 is 11.8 Å². The van der Waals surface area contributed by atoms with Crippen LogP contribution in [0.2, 0.25) is 0 Å². The zero-order chi connectivity index (χ0) is 17.6. The SMILES string of the molecule is C=C(C)c1cccc(C(C)(C)NC(=O)N(C)CC(OC)OC)c1. The van der Waals surface area contributed by atoms with Gasteiger partial charge in [-0.2, -0.15) is 0 Å². The van der Waals surface area contributed by atoms with E-state index in [1.54, 1.807) is 26.2 Å². The molecular formula is C18H28N2O3. The molecule has 23 heavy (non-hydrogen) atoms. The Morgan fingerprint density at radius 2 is 1.96 bits per heavy atom. The number of ether oxygens (including phenoxy) is 2. The monoisotopic (exact) mass is 320 g/mol. The molecule has 0 unspecified atom stereocenters. The minimum absolute atomic E-state index is 0.185. The lowest BCUT2D eigenvalue weighted by Gasteiger charge is -2.31. The number of hydrogen-bond acceptors (Lipinski definition) is 3. The number of benzene rings is 1. The van der Waals surface area contributed by atoms with Gasteiger partial charge in [-0.3, -0.25) is 0 Å². The number of hydrogen-bond donors (Lipinski definition) is 1. The van der Waals surface area contributed by atoms with Crippen molar-refractivity contribution >= 4 is 11.6 Å². The van der Waals surface area contributed by atoms with Crippen LogP contribution in [0.3, 0.4) is 0 Å². The highest BCUT2D eigenvalue weighted by atomic mass is 16.7. The summed E-state index contributed by atoms with van der Waals surface area (Å²) in [7, 11) is 4.81. The molecule has 0 spiro atoms. The molecule has 0 bridgehead atoms. The molecule has 0 fully saturated rings. The summed E-state index contributed by atoms with van der Waals surface area (Å²) >= 11 is 0. The van der Waals surface area contributed by atoms with Crippen LogP contribution in [0.1, 0.15) is 31.9 Å². The minimum Gasteiger partial charge on any atom is -0.354 e. The molecule has 5 nitrogen and oxygen atoms in total. The highest BCUT2D eigenvalue weighted by Gasteiger charge is 2.25. The summed E-state index contributed by atoms with van der Waals surface area (Å²) in [6, 6.07) is 7.85. The summed E-state index contributed by atoms with van der Waals surface area (Å²) in [5.41, 5.74) is 2.58. The van der Waals surface area contributed by atoms with Gasteiger partial charge in [-0.1, -0.05) is 30.4 Å². The van der Waals surface area contributed by atoms with Gasteiger partial charge in [0.05, 0.1) is 12.1 Å². The molecule has 0 saturated heterocycles. The van der Waals surface area contributed by atoms with Crippen LogP contribution in [0.5, 0.6) is 0 Å². The molecule has 0 heterocycles. The molecule has 128 valence electrons. The van der Waals surface area contributed by atoms with Crippen LogP contribution in [-0.4, -0.2) is 45.0 Å². The van der Waals surface area contributed by atoms with Gasteiger partial charge in [0.15, 0.2) is 6.29 Å². The summed E-state index contributed by atoms with van der Waals surface area (Å²) in [4.78, 5) is 13.9. The highest BCUT2D eigenvalue weighted by Crippen LogP contribution is 2.23. The number of carbonyl (C=O) groups is 1. The van der Waals surface area contributed by atoms with Crippen LogP contribution in [-0.2, 0) is 15.0 Å². The Balaban J connectivity index is 2.82.